The van der Waals surface area contributed by atoms with Crippen LogP contribution in [0.5, 0.6) is 5.75 Å². The lowest BCUT2D eigenvalue weighted by Gasteiger charge is -2.34. The first-order valence-corrected chi connectivity index (χ1v) is 12.8. The van der Waals surface area contributed by atoms with Crippen LogP contribution >= 0.6 is 0 Å². The molecule has 0 bridgehead atoms. The molecule has 0 unspecified atom stereocenters. The number of nitrogens with one attached hydrogen (secondary N) is 1. The monoisotopic (exact) mass is 453 g/mol. The Balaban J connectivity index is 1.91. The molecule has 0 saturated heterocycles. The minimum atomic E-state index is -3.44. The summed E-state index contributed by atoms with van der Waals surface area (Å²) in [5, 5.41) is 9.70. The van der Waals surface area contributed by atoms with Crippen molar-refractivity contribution in [2.24, 2.45) is 11.8 Å². The topological polar surface area (TPSA) is 99.2 Å². The van der Waals surface area contributed by atoms with Crippen LogP contribution in [-0.2, 0) is 21.2 Å². The van der Waals surface area contributed by atoms with Crippen molar-refractivity contribution in [1.29, 1.82) is 0 Å². The molecule has 1 saturated carbocycles. The van der Waals surface area contributed by atoms with Gasteiger partial charge in [-0.2, -0.15) is 0 Å². The lowest BCUT2D eigenvalue weighted by Crippen LogP contribution is -2.47. The number of anilines is 1. The van der Waals surface area contributed by atoms with E-state index in [9.17, 15) is 18.3 Å². The molecule has 0 aromatic heterocycles. The zero-order valence-electron chi connectivity index (χ0n) is 18.9. The molecule has 1 aliphatic carbocycles. The molecule has 3 atom stereocenters. The average molecular weight is 454 g/mol. The normalized spacial score (nSPS) is 23.4. The molecule has 1 aliphatic heterocycles. The molecule has 2 N–H and O–H groups in total. The maximum Gasteiger partial charge on any atom is 0.229 e. The van der Waals surface area contributed by atoms with Gasteiger partial charge in [-0.3, -0.25) is 9.52 Å². The number of nitrogens with zero attached hydrogens (tertiary/aromatic N) is 2. The van der Waals surface area contributed by atoms with Crippen LogP contribution in [0.4, 0.5) is 5.69 Å². The smallest absolute Gasteiger partial charge is 0.229 e. The number of fused-ring (bicyclic) bond motifs is 1. The minimum absolute atomic E-state index is 0.0550. The van der Waals surface area contributed by atoms with Crippen LogP contribution in [0.15, 0.2) is 18.2 Å². The Hall–Kier alpha value is -1.84. The summed E-state index contributed by atoms with van der Waals surface area (Å²) >= 11 is 0. The summed E-state index contributed by atoms with van der Waals surface area (Å²) in [7, 11) is -1.34. The molecule has 9 heteroatoms. The molecule has 1 aromatic rings. The number of hydrogen-bond donors (Lipinski definition) is 2. The number of benzene rings is 1. The maximum absolute atomic E-state index is 13.1. The Bertz CT molecular complexity index is 887. The van der Waals surface area contributed by atoms with E-state index in [0.717, 1.165) is 25.3 Å². The van der Waals surface area contributed by atoms with E-state index in [1.54, 1.807) is 23.1 Å². The van der Waals surface area contributed by atoms with E-state index < -0.39 is 10.0 Å². The molecule has 31 heavy (non-hydrogen) atoms. The van der Waals surface area contributed by atoms with Crippen LogP contribution in [0.1, 0.15) is 32.3 Å². The first-order chi connectivity index (χ1) is 14.6. The van der Waals surface area contributed by atoms with Gasteiger partial charge in [0.1, 0.15) is 11.9 Å². The SMILES string of the molecule is C[C@H]1CN([C@@H](C)CO)C(=O)Cc2cc(NS(C)(=O)=O)ccc2O[C@H]1CN(C)CC1CC1. The number of rotatable bonds is 8. The van der Waals surface area contributed by atoms with Gasteiger partial charge in [-0.15, -0.1) is 0 Å². The van der Waals surface area contributed by atoms with Gasteiger partial charge in [0.15, 0.2) is 0 Å². The molecule has 8 nitrogen and oxygen atoms in total. The number of aliphatic hydroxyl groups excluding tert-OH is 1. The predicted octanol–water partition coefficient (Wildman–Crippen LogP) is 1.55. The Morgan fingerprint density at radius 1 is 1.32 bits per heavy atom. The fraction of sp³-hybridized carbons (Fsp3) is 0.682. The van der Waals surface area contributed by atoms with Gasteiger partial charge in [0, 0.05) is 36.8 Å². The van der Waals surface area contributed by atoms with Crippen molar-refractivity contribution >= 4 is 21.6 Å². The van der Waals surface area contributed by atoms with Crippen LogP contribution in [-0.4, -0.2) is 80.9 Å². The number of likely N-dealkylation sites (N-methyl/N-ethyl adjacent to an activating group) is 1. The van der Waals surface area contributed by atoms with E-state index in [-0.39, 0.29) is 37.0 Å². The minimum Gasteiger partial charge on any atom is -0.488 e. The molecule has 1 amide bonds. The average Bonchev–Trinajstić information content (AvgIpc) is 3.48. The van der Waals surface area contributed by atoms with Gasteiger partial charge >= 0.3 is 0 Å². The third-order valence-electron chi connectivity index (χ3n) is 5.98. The quantitative estimate of drug-likeness (QED) is 0.620. The predicted molar refractivity (Wildman–Crippen MR) is 121 cm³/mol. The van der Waals surface area contributed by atoms with E-state index in [1.165, 1.54) is 12.8 Å². The van der Waals surface area contributed by atoms with Gasteiger partial charge < -0.3 is 19.6 Å². The fourth-order valence-electron chi connectivity index (χ4n) is 4.05. The second-order valence-electron chi connectivity index (χ2n) is 9.25. The number of carbonyl (C=O) groups is 1. The molecule has 1 fully saturated rings. The Kier molecular flexibility index (Phi) is 7.49. The van der Waals surface area contributed by atoms with E-state index in [4.69, 9.17) is 4.74 Å². The summed E-state index contributed by atoms with van der Waals surface area (Å²) < 4.78 is 32.2. The number of aliphatic hydroxyl groups is 1. The molecular formula is C22H35N3O5S. The highest BCUT2D eigenvalue weighted by molar-refractivity contribution is 7.92. The van der Waals surface area contributed by atoms with Gasteiger partial charge in [-0.1, -0.05) is 6.92 Å². The summed E-state index contributed by atoms with van der Waals surface area (Å²) in [5.74, 6) is 1.31. The summed E-state index contributed by atoms with van der Waals surface area (Å²) in [6, 6.07) is 4.75. The van der Waals surface area contributed by atoms with Crippen molar-refractivity contribution < 1.29 is 23.1 Å². The summed E-state index contributed by atoms with van der Waals surface area (Å²) in [5.41, 5.74) is 1.03. The van der Waals surface area contributed by atoms with Crippen LogP contribution in [0.2, 0.25) is 0 Å². The Morgan fingerprint density at radius 2 is 2.03 bits per heavy atom. The van der Waals surface area contributed by atoms with Crippen molar-refractivity contribution in [1.82, 2.24) is 9.80 Å². The van der Waals surface area contributed by atoms with Crippen LogP contribution in [0, 0.1) is 11.8 Å². The van der Waals surface area contributed by atoms with Gasteiger partial charge in [0.2, 0.25) is 15.9 Å². The zero-order valence-corrected chi connectivity index (χ0v) is 19.7. The third-order valence-corrected chi connectivity index (χ3v) is 6.58. The maximum atomic E-state index is 13.1. The van der Waals surface area contributed by atoms with Gasteiger partial charge in [-0.05, 0) is 50.9 Å². The molecule has 1 aromatic carbocycles. The van der Waals surface area contributed by atoms with E-state index in [1.807, 2.05) is 6.92 Å². The van der Waals surface area contributed by atoms with E-state index in [2.05, 4.69) is 23.6 Å². The van der Waals surface area contributed by atoms with Gasteiger partial charge in [0.05, 0.1) is 25.3 Å². The van der Waals surface area contributed by atoms with Crippen molar-refractivity contribution in [2.45, 2.75) is 45.3 Å². The molecule has 3 rings (SSSR count). The van der Waals surface area contributed by atoms with Gasteiger partial charge in [-0.25, -0.2) is 8.42 Å². The first-order valence-electron chi connectivity index (χ1n) is 10.9. The number of ether oxygens (including phenoxy) is 1. The van der Waals surface area contributed by atoms with E-state index >= 15 is 0 Å². The summed E-state index contributed by atoms with van der Waals surface area (Å²) in [4.78, 5) is 17.1. The van der Waals surface area contributed by atoms with Crippen LogP contribution in [0.3, 0.4) is 0 Å². The van der Waals surface area contributed by atoms with Crippen molar-refractivity contribution in [3.63, 3.8) is 0 Å². The summed E-state index contributed by atoms with van der Waals surface area (Å²) in [6.07, 6.45) is 3.59. The molecule has 174 valence electrons. The molecule has 2 aliphatic rings. The number of hydrogen-bond acceptors (Lipinski definition) is 6. The largest absolute Gasteiger partial charge is 0.488 e. The zero-order chi connectivity index (χ0) is 22.8. The lowest BCUT2D eigenvalue weighted by molar-refractivity contribution is -0.134. The third kappa shape index (κ3) is 6.82. The standard InChI is InChI=1S/C22H35N3O5S/c1-15-11-25(16(2)14-26)22(27)10-18-9-19(23-31(4,28)29)7-8-20(18)30-21(15)13-24(3)12-17-5-6-17/h7-9,15-17,21,23,26H,5-6,10-14H2,1-4H3/t15-,16-,21-/m0/s1. The van der Waals surface area contributed by atoms with Crippen LogP contribution < -0.4 is 9.46 Å². The van der Waals surface area contributed by atoms with E-state index in [0.29, 0.717) is 23.5 Å². The molecular weight excluding hydrogens is 418 g/mol. The second kappa shape index (κ2) is 9.75. The molecule has 0 spiro atoms. The number of amides is 1. The lowest BCUT2D eigenvalue weighted by atomic mass is 10.0. The van der Waals surface area contributed by atoms with Crippen LogP contribution in [0.25, 0.3) is 0 Å². The summed E-state index contributed by atoms with van der Waals surface area (Å²) in [6.45, 7) is 6.05. The second-order valence-corrected chi connectivity index (χ2v) is 11.0. The molecule has 1 heterocycles. The molecule has 0 radical (unpaired) electrons. The Morgan fingerprint density at radius 3 is 2.65 bits per heavy atom. The fourth-order valence-corrected chi connectivity index (χ4v) is 4.60. The first kappa shape index (κ1) is 23.8. The highest BCUT2D eigenvalue weighted by atomic mass is 32.2. The van der Waals surface area contributed by atoms with Crippen molar-refractivity contribution in [3.8, 4) is 5.75 Å². The Labute approximate surface area is 185 Å². The number of carbonyl (C=O) groups excluding carboxylic acids is 1. The highest BCUT2D eigenvalue weighted by Crippen LogP contribution is 2.31. The van der Waals surface area contributed by atoms with Gasteiger partial charge in [0.25, 0.3) is 0 Å². The number of sulfonamides is 1. The van der Waals surface area contributed by atoms with Crippen molar-refractivity contribution in [2.75, 3.05) is 44.3 Å². The highest BCUT2D eigenvalue weighted by Gasteiger charge is 2.32. The van der Waals surface area contributed by atoms with Crippen molar-refractivity contribution in [3.05, 3.63) is 23.8 Å².